The SMILES string of the molecule is O=C1C(=O)c2ccc(Cl)cc2C2=C1SCC1(CCN(C(=O)Oc3cccc(C(F)(F)F)c3)CC1)O2. The highest BCUT2D eigenvalue weighted by Crippen LogP contribution is 2.47. The number of rotatable bonds is 1. The van der Waals surface area contributed by atoms with Crippen molar-refractivity contribution in [1.29, 1.82) is 0 Å². The Morgan fingerprint density at radius 3 is 2.51 bits per heavy atom. The maximum atomic E-state index is 12.9. The number of thioether (sulfide) groups is 1. The Hall–Kier alpha value is -2.98. The van der Waals surface area contributed by atoms with Crippen LogP contribution >= 0.6 is 23.4 Å². The van der Waals surface area contributed by atoms with Crippen LogP contribution < -0.4 is 4.74 Å². The molecule has 0 N–H and O–H groups in total. The second kappa shape index (κ2) is 8.60. The van der Waals surface area contributed by atoms with Crippen LogP contribution in [-0.4, -0.2) is 47.0 Å². The van der Waals surface area contributed by atoms with Crippen LogP contribution in [0.5, 0.6) is 5.75 Å². The fraction of sp³-hybridized carbons (Fsp3) is 0.292. The number of carbonyl (C=O) groups is 3. The molecule has 1 fully saturated rings. The van der Waals surface area contributed by atoms with E-state index in [4.69, 9.17) is 21.1 Å². The van der Waals surface area contributed by atoms with E-state index in [1.165, 1.54) is 40.9 Å². The van der Waals surface area contributed by atoms with Gasteiger partial charge in [-0.2, -0.15) is 13.2 Å². The third-order valence-electron chi connectivity index (χ3n) is 6.19. The molecule has 182 valence electrons. The van der Waals surface area contributed by atoms with E-state index in [1.807, 2.05) is 0 Å². The predicted molar refractivity (Wildman–Crippen MR) is 122 cm³/mol. The molecule has 2 heterocycles. The number of Topliss-reactive ketones (excluding diaryl/α,β-unsaturated/α-hetero) is 2. The van der Waals surface area contributed by atoms with Gasteiger partial charge in [-0.25, -0.2) is 4.79 Å². The Bertz CT molecular complexity index is 1280. The molecular weight excluding hydrogens is 507 g/mol. The molecule has 5 rings (SSSR count). The summed E-state index contributed by atoms with van der Waals surface area (Å²) in [6.45, 7) is 0.493. The minimum atomic E-state index is -4.54. The molecule has 0 radical (unpaired) electrons. The van der Waals surface area contributed by atoms with Gasteiger partial charge in [-0.05, 0) is 36.4 Å². The summed E-state index contributed by atoms with van der Waals surface area (Å²) < 4.78 is 50.3. The van der Waals surface area contributed by atoms with Gasteiger partial charge in [0.1, 0.15) is 22.0 Å². The molecule has 1 aliphatic carbocycles. The highest BCUT2D eigenvalue weighted by atomic mass is 35.5. The molecule has 2 aromatic carbocycles. The summed E-state index contributed by atoms with van der Waals surface area (Å²) in [6, 6.07) is 8.78. The standard InChI is InChI=1S/C24H17ClF3NO5S/c25-14-4-5-16-17(11-14)20-21(19(31)18(16)30)35-12-23(34-20)6-8-29(9-7-23)22(32)33-15-3-1-2-13(10-15)24(26,27)28/h1-5,10-11H,6-9,12H2. The zero-order valence-corrected chi connectivity index (χ0v) is 19.6. The molecular formula is C24H17ClF3NO5S. The highest BCUT2D eigenvalue weighted by Gasteiger charge is 2.46. The Balaban J connectivity index is 1.29. The first-order valence-corrected chi connectivity index (χ1v) is 12.0. The zero-order valence-electron chi connectivity index (χ0n) is 18.0. The monoisotopic (exact) mass is 523 g/mol. The maximum absolute atomic E-state index is 12.9. The number of benzene rings is 2. The smallest absolute Gasteiger partial charge is 0.416 e. The number of hydrogen-bond acceptors (Lipinski definition) is 6. The van der Waals surface area contributed by atoms with E-state index in [9.17, 15) is 27.6 Å². The molecule has 3 aliphatic rings. The summed E-state index contributed by atoms with van der Waals surface area (Å²) in [5.41, 5.74) is -0.887. The van der Waals surface area contributed by atoms with Crippen molar-refractivity contribution >= 4 is 46.8 Å². The van der Waals surface area contributed by atoms with E-state index < -0.39 is 35.0 Å². The van der Waals surface area contributed by atoms with Crippen LogP contribution in [0.1, 0.15) is 34.3 Å². The molecule has 11 heteroatoms. The Labute approximate surface area is 207 Å². The van der Waals surface area contributed by atoms with Crippen molar-refractivity contribution in [3.8, 4) is 5.75 Å². The molecule has 0 bridgehead atoms. The number of ketones is 2. The topological polar surface area (TPSA) is 72.9 Å². The number of hydrogen-bond donors (Lipinski definition) is 0. The maximum Gasteiger partial charge on any atom is 0.416 e. The van der Waals surface area contributed by atoms with E-state index in [0.717, 1.165) is 12.1 Å². The molecule has 2 aliphatic heterocycles. The van der Waals surface area contributed by atoms with Crippen molar-refractivity contribution in [3.63, 3.8) is 0 Å². The average Bonchev–Trinajstić information content (AvgIpc) is 2.82. The second-order valence-electron chi connectivity index (χ2n) is 8.46. The lowest BCUT2D eigenvalue weighted by Crippen LogP contribution is -2.51. The molecule has 1 spiro atoms. The fourth-order valence-corrected chi connectivity index (χ4v) is 5.71. The van der Waals surface area contributed by atoms with E-state index in [1.54, 1.807) is 6.07 Å². The van der Waals surface area contributed by atoms with Crippen molar-refractivity contribution in [3.05, 3.63) is 69.1 Å². The van der Waals surface area contributed by atoms with Gasteiger partial charge in [-0.15, -0.1) is 11.8 Å². The fourth-order valence-electron chi connectivity index (χ4n) is 4.28. The highest BCUT2D eigenvalue weighted by molar-refractivity contribution is 8.04. The molecule has 2 aromatic rings. The van der Waals surface area contributed by atoms with Crippen LogP contribution in [0.25, 0.3) is 5.76 Å². The van der Waals surface area contributed by atoms with E-state index in [0.29, 0.717) is 34.9 Å². The number of halogens is 4. The number of amides is 1. The summed E-state index contributed by atoms with van der Waals surface area (Å²) >= 11 is 7.37. The first-order chi connectivity index (χ1) is 16.6. The first kappa shape index (κ1) is 23.7. The number of piperidine rings is 1. The molecule has 0 saturated carbocycles. The van der Waals surface area contributed by atoms with E-state index >= 15 is 0 Å². The van der Waals surface area contributed by atoms with Crippen molar-refractivity contribution in [1.82, 2.24) is 4.90 Å². The summed E-state index contributed by atoms with van der Waals surface area (Å²) in [5.74, 6) is -0.671. The Morgan fingerprint density at radius 2 is 1.80 bits per heavy atom. The van der Waals surface area contributed by atoms with Gasteiger partial charge in [0.15, 0.2) is 0 Å². The van der Waals surface area contributed by atoms with Crippen LogP contribution in [0.4, 0.5) is 18.0 Å². The molecule has 35 heavy (non-hydrogen) atoms. The predicted octanol–water partition coefficient (Wildman–Crippen LogP) is 5.59. The molecule has 0 unspecified atom stereocenters. The van der Waals surface area contributed by atoms with Crippen molar-refractivity contribution in [2.24, 2.45) is 0 Å². The van der Waals surface area contributed by atoms with Gasteiger partial charge < -0.3 is 14.4 Å². The van der Waals surface area contributed by atoms with Gasteiger partial charge in [0, 0.05) is 47.8 Å². The molecule has 6 nitrogen and oxygen atoms in total. The third-order valence-corrected chi connectivity index (χ3v) is 7.75. The lowest BCUT2D eigenvalue weighted by molar-refractivity contribution is -0.137. The lowest BCUT2D eigenvalue weighted by Gasteiger charge is -2.45. The number of nitrogens with zero attached hydrogens (tertiary/aromatic N) is 1. The van der Waals surface area contributed by atoms with Gasteiger partial charge in [0.25, 0.3) is 0 Å². The summed E-state index contributed by atoms with van der Waals surface area (Å²) in [7, 11) is 0. The number of fused-ring (bicyclic) bond motifs is 2. The largest absolute Gasteiger partial charge is 0.484 e. The summed E-state index contributed by atoms with van der Waals surface area (Å²) in [6.07, 6.45) is -4.48. The van der Waals surface area contributed by atoms with Crippen molar-refractivity contribution in [2.45, 2.75) is 24.6 Å². The number of alkyl halides is 3. The second-order valence-corrected chi connectivity index (χ2v) is 9.88. The summed E-state index contributed by atoms with van der Waals surface area (Å²) in [5, 5.41) is 0.401. The van der Waals surface area contributed by atoms with Gasteiger partial charge in [-0.1, -0.05) is 17.7 Å². The normalized spacial score (nSPS) is 19.3. The van der Waals surface area contributed by atoms with Crippen molar-refractivity contribution < 1.29 is 37.0 Å². The van der Waals surface area contributed by atoms with Crippen LogP contribution in [0.3, 0.4) is 0 Å². The van der Waals surface area contributed by atoms with Crippen LogP contribution in [-0.2, 0) is 15.7 Å². The van der Waals surface area contributed by atoms with E-state index in [2.05, 4.69) is 0 Å². The Kier molecular flexibility index (Phi) is 5.83. The van der Waals surface area contributed by atoms with E-state index in [-0.39, 0.29) is 29.3 Å². The molecule has 0 aromatic heterocycles. The van der Waals surface area contributed by atoms with Gasteiger partial charge in [0.05, 0.1) is 5.56 Å². The van der Waals surface area contributed by atoms with Crippen LogP contribution in [0, 0.1) is 0 Å². The average molecular weight is 524 g/mol. The molecule has 0 atom stereocenters. The lowest BCUT2D eigenvalue weighted by atomic mass is 9.90. The molecule has 1 amide bonds. The number of carbonyl (C=O) groups excluding carboxylic acids is 3. The Morgan fingerprint density at radius 1 is 1.06 bits per heavy atom. The van der Waals surface area contributed by atoms with Crippen LogP contribution in [0.2, 0.25) is 5.02 Å². The van der Waals surface area contributed by atoms with Gasteiger partial charge in [0.2, 0.25) is 11.6 Å². The molecule has 1 saturated heterocycles. The minimum absolute atomic E-state index is 0.191. The van der Waals surface area contributed by atoms with Crippen molar-refractivity contribution in [2.75, 3.05) is 18.8 Å². The number of likely N-dealkylation sites (tertiary alicyclic amines) is 1. The zero-order chi connectivity index (χ0) is 25.0. The van der Waals surface area contributed by atoms with Crippen LogP contribution in [0.15, 0.2) is 47.4 Å². The first-order valence-electron chi connectivity index (χ1n) is 10.7. The third kappa shape index (κ3) is 4.40. The minimum Gasteiger partial charge on any atom is -0.484 e. The van der Waals surface area contributed by atoms with Gasteiger partial charge in [-0.3, -0.25) is 9.59 Å². The summed E-state index contributed by atoms with van der Waals surface area (Å²) in [4.78, 5) is 39.3. The number of ether oxygens (including phenoxy) is 2. The number of allylic oxidation sites excluding steroid dienone is 1. The van der Waals surface area contributed by atoms with Gasteiger partial charge >= 0.3 is 12.3 Å². The quantitative estimate of drug-likeness (QED) is 0.454.